The minimum atomic E-state index is -3.49. The maximum atomic E-state index is 12.3. The molecule has 1 aliphatic rings. The molecule has 0 aromatic heterocycles. The number of morpholine rings is 1. The van der Waals surface area contributed by atoms with Crippen molar-refractivity contribution >= 4 is 10.2 Å². The Bertz CT molecular complexity index is 549. The van der Waals surface area contributed by atoms with Gasteiger partial charge in [0.2, 0.25) is 0 Å². The number of rotatable bonds is 5. The average molecular weight is 314 g/mol. The van der Waals surface area contributed by atoms with Crippen molar-refractivity contribution in [2.45, 2.75) is 32.6 Å². The number of nitrogens with zero attached hydrogens (tertiary/aromatic N) is 1. The fraction of sp³-hybridized carbons (Fsp3) is 0.571. The van der Waals surface area contributed by atoms with Gasteiger partial charge >= 0.3 is 0 Å². The van der Waals surface area contributed by atoms with E-state index in [1.54, 1.807) is 7.11 Å². The second-order valence-corrected chi connectivity index (χ2v) is 7.00. The molecule has 7 heteroatoms. The summed E-state index contributed by atoms with van der Waals surface area (Å²) in [5.74, 6) is 0.748. The summed E-state index contributed by atoms with van der Waals surface area (Å²) in [6.45, 7) is 4.76. The molecule has 118 valence electrons. The van der Waals surface area contributed by atoms with Gasteiger partial charge in [0.15, 0.2) is 0 Å². The fourth-order valence-electron chi connectivity index (χ4n) is 2.34. The lowest BCUT2D eigenvalue weighted by Gasteiger charge is -2.34. The molecule has 1 aromatic rings. The molecule has 2 rings (SSSR count). The molecule has 1 aromatic carbocycles. The van der Waals surface area contributed by atoms with Crippen LogP contribution >= 0.6 is 0 Å². The average Bonchev–Trinajstić information content (AvgIpc) is 2.45. The highest BCUT2D eigenvalue weighted by molar-refractivity contribution is 7.87. The van der Waals surface area contributed by atoms with Gasteiger partial charge in [0.25, 0.3) is 10.2 Å². The monoisotopic (exact) mass is 314 g/mol. The molecule has 2 atom stereocenters. The van der Waals surface area contributed by atoms with Gasteiger partial charge in [-0.2, -0.15) is 17.4 Å². The molecule has 0 spiro atoms. The zero-order chi connectivity index (χ0) is 15.5. The van der Waals surface area contributed by atoms with Crippen molar-refractivity contribution in [1.29, 1.82) is 0 Å². The third kappa shape index (κ3) is 4.41. The predicted octanol–water partition coefficient (Wildman–Crippen LogP) is 1.14. The fourth-order valence-corrected chi connectivity index (χ4v) is 3.68. The molecule has 6 nitrogen and oxygen atoms in total. The first-order chi connectivity index (χ1) is 9.90. The number of nitrogens with one attached hydrogen (secondary N) is 1. The lowest BCUT2D eigenvalue weighted by atomic mass is 10.2. The highest BCUT2D eigenvalue weighted by Crippen LogP contribution is 2.15. The van der Waals surface area contributed by atoms with Crippen LogP contribution in [0.2, 0.25) is 0 Å². The van der Waals surface area contributed by atoms with Crippen molar-refractivity contribution in [3.63, 3.8) is 0 Å². The standard InChI is InChI=1S/C14H22N2O4S/c1-11-9-16(10-12(2)20-11)21(17,18)15-8-13-4-6-14(19-3)7-5-13/h4-7,11-12,15H,8-10H2,1-3H3. The second-order valence-electron chi connectivity index (χ2n) is 5.25. The van der Waals surface area contributed by atoms with Gasteiger partial charge in [0.05, 0.1) is 19.3 Å². The van der Waals surface area contributed by atoms with E-state index in [0.717, 1.165) is 11.3 Å². The Labute approximate surface area is 126 Å². The SMILES string of the molecule is COc1ccc(CNS(=O)(=O)N2CC(C)OC(C)C2)cc1. The molecule has 0 saturated carbocycles. The van der Waals surface area contributed by atoms with Crippen LogP contribution in [0.1, 0.15) is 19.4 Å². The van der Waals surface area contributed by atoms with Crippen molar-refractivity contribution < 1.29 is 17.9 Å². The number of hydrogen-bond acceptors (Lipinski definition) is 4. The zero-order valence-corrected chi connectivity index (χ0v) is 13.4. The summed E-state index contributed by atoms with van der Waals surface area (Å²) in [6.07, 6.45) is -0.183. The minimum absolute atomic E-state index is 0.0914. The van der Waals surface area contributed by atoms with E-state index >= 15 is 0 Å². The molecule has 1 saturated heterocycles. The van der Waals surface area contributed by atoms with Crippen molar-refractivity contribution in [2.75, 3.05) is 20.2 Å². The van der Waals surface area contributed by atoms with Crippen LogP contribution in [0.3, 0.4) is 0 Å². The molecule has 1 N–H and O–H groups in total. The summed E-state index contributed by atoms with van der Waals surface area (Å²) < 4.78 is 39.3. The van der Waals surface area contributed by atoms with E-state index in [0.29, 0.717) is 13.1 Å². The van der Waals surface area contributed by atoms with E-state index in [4.69, 9.17) is 9.47 Å². The summed E-state index contributed by atoms with van der Waals surface area (Å²) in [5, 5.41) is 0. The lowest BCUT2D eigenvalue weighted by Crippen LogP contribution is -2.51. The van der Waals surface area contributed by atoms with E-state index in [2.05, 4.69) is 4.72 Å². The molecule has 0 aliphatic carbocycles. The van der Waals surface area contributed by atoms with E-state index in [9.17, 15) is 8.42 Å². The molecule has 21 heavy (non-hydrogen) atoms. The zero-order valence-electron chi connectivity index (χ0n) is 12.6. The molecule has 0 radical (unpaired) electrons. The summed E-state index contributed by atoms with van der Waals surface area (Å²) in [7, 11) is -1.90. The number of methoxy groups -OCH3 is 1. The Morgan fingerprint density at radius 1 is 1.24 bits per heavy atom. The van der Waals surface area contributed by atoms with Crippen LogP contribution < -0.4 is 9.46 Å². The van der Waals surface area contributed by atoms with Crippen molar-refractivity contribution in [1.82, 2.24) is 9.03 Å². The normalized spacial score (nSPS) is 24.0. The smallest absolute Gasteiger partial charge is 0.279 e. The summed E-state index contributed by atoms with van der Waals surface area (Å²) in [4.78, 5) is 0. The molecule has 1 fully saturated rings. The minimum Gasteiger partial charge on any atom is -0.497 e. The molecular formula is C14H22N2O4S. The van der Waals surface area contributed by atoms with Gasteiger partial charge in [-0.15, -0.1) is 0 Å². The van der Waals surface area contributed by atoms with Gasteiger partial charge < -0.3 is 9.47 Å². The summed E-state index contributed by atoms with van der Waals surface area (Å²) >= 11 is 0. The van der Waals surface area contributed by atoms with Crippen LogP contribution in [0, 0.1) is 0 Å². The van der Waals surface area contributed by atoms with E-state index in [1.807, 2.05) is 38.1 Å². The van der Waals surface area contributed by atoms with Crippen LogP contribution in [0.25, 0.3) is 0 Å². The Morgan fingerprint density at radius 2 is 1.81 bits per heavy atom. The topological polar surface area (TPSA) is 67.9 Å². The third-order valence-corrected chi connectivity index (χ3v) is 4.83. The van der Waals surface area contributed by atoms with Crippen molar-refractivity contribution in [3.05, 3.63) is 29.8 Å². The Kier molecular flexibility index (Phi) is 5.21. The van der Waals surface area contributed by atoms with E-state index in [1.165, 1.54) is 4.31 Å². The Hall–Kier alpha value is -1.15. The van der Waals surface area contributed by atoms with Crippen LogP contribution in [0.5, 0.6) is 5.75 Å². The molecule has 1 heterocycles. The van der Waals surface area contributed by atoms with Gasteiger partial charge in [-0.3, -0.25) is 0 Å². The molecule has 1 aliphatic heterocycles. The maximum absolute atomic E-state index is 12.3. The van der Waals surface area contributed by atoms with Crippen LogP contribution in [0.4, 0.5) is 0 Å². The highest BCUT2D eigenvalue weighted by Gasteiger charge is 2.30. The second kappa shape index (κ2) is 6.74. The van der Waals surface area contributed by atoms with Crippen molar-refractivity contribution in [2.24, 2.45) is 0 Å². The highest BCUT2D eigenvalue weighted by atomic mass is 32.2. The summed E-state index contributed by atoms with van der Waals surface area (Å²) in [6, 6.07) is 7.29. The number of hydrogen-bond donors (Lipinski definition) is 1. The third-order valence-electron chi connectivity index (χ3n) is 3.34. The quantitative estimate of drug-likeness (QED) is 0.885. The van der Waals surface area contributed by atoms with Gasteiger partial charge in [-0.05, 0) is 31.5 Å². The molecule has 0 amide bonds. The molecule has 2 unspecified atom stereocenters. The lowest BCUT2D eigenvalue weighted by molar-refractivity contribution is -0.0444. The van der Waals surface area contributed by atoms with Crippen LogP contribution in [0.15, 0.2) is 24.3 Å². The predicted molar refractivity (Wildman–Crippen MR) is 80.3 cm³/mol. The maximum Gasteiger partial charge on any atom is 0.279 e. The van der Waals surface area contributed by atoms with Crippen LogP contribution in [-0.2, 0) is 21.5 Å². The Balaban J connectivity index is 1.97. The van der Waals surface area contributed by atoms with Gasteiger partial charge in [0.1, 0.15) is 5.75 Å². The summed E-state index contributed by atoms with van der Waals surface area (Å²) in [5.41, 5.74) is 0.883. The van der Waals surface area contributed by atoms with Gasteiger partial charge in [0, 0.05) is 19.6 Å². The molecule has 0 bridgehead atoms. The van der Waals surface area contributed by atoms with Gasteiger partial charge in [-0.25, -0.2) is 0 Å². The Morgan fingerprint density at radius 3 is 2.33 bits per heavy atom. The van der Waals surface area contributed by atoms with Crippen molar-refractivity contribution in [3.8, 4) is 5.75 Å². The van der Waals surface area contributed by atoms with Gasteiger partial charge in [-0.1, -0.05) is 12.1 Å². The van der Waals surface area contributed by atoms with E-state index < -0.39 is 10.2 Å². The molecular weight excluding hydrogens is 292 g/mol. The largest absolute Gasteiger partial charge is 0.497 e. The van der Waals surface area contributed by atoms with E-state index in [-0.39, 0.29) is 18.8 Å². The van der Waals surface area contributed by atoms with Crippen LogP contribution in [-0.4, -0.2) is 45.1 Å². The first kappa shape index (κ1) is 16.2. The number of ether oxygens (including phenoxy) is 2. The first-order valence-corrected chi connectivity index (χ1v) is 8.38. The number of benzene rings is 1. The first-order valence-electron chi connectivity index (χ1n) is 6.94.